The predicted molar refractivity (Wildman–Crippen MR) is 83.0 cm³/mol. The monoisotopic (exact) mass is 329 g/mol. The molecule has 0 amide bonds. The topological polar surface area (TPSA) is 30.5 Å². The zero-order valence-corrected chi connectivity index (χ0v) is 13.8. The van der Waals surface area contributed by atoms with E-state index in [2.05, 4.69) is 41.2 Å². The molecule has 0 spiro atoms. The molecular formula is C15H24BrNO2. The normalized spacial score (nSPS) is 12.3. The second kappa shape index (κ2) is 8.43. The first-order valence-corrected chi connectivity index (χ1v) is 7.61. The van der Waals surface area contributed by atoms with Crippen molar-refractivity contribution in [2.24, 2.45) is 5.92 Å². The van der Waals surface area contributed by atoms with Crippen LogP contribution in [0.15, 0.2) is 16.6 Å². The van der Waals surface area contributed by atoms with Gasteiger partial charge in [-0.1, -0.05) is 20.3 Å². The summed E-state index contributed by atoms with van der Waals surface area (Å²) < 4.78 is 11.9. The smallest absolute Gasteiger partial charge is 0.175 e. The highest BCUT2D eigenvalue weighted by Crippen LogP contribution is 2.36. The van der Waals surface area contributed by atoms with Crippen molar-refractivity contribution in [1.82, 2.24) is 5.32 Å². The first-order valence-electron chi connectivity index (χ1n) is 6.82. The van der Waals surface area contributed by atoms with E-state index in [1.807, 2.05) is 13.0 Å². The Morgan fingerprint density at radius 2 is 2.05 bits per heavy atom. The minimum absolute atomic E-state index is 0.626. The van der Waals surface area contributed by atoms with Crippen LogP contribution in [0.1, 0.15) is 32.8 Å². The van der Waals surface area contributed by atoms with Gasteiger partial charge in [0, 0.05) is 6.54 Å². The van der Waals surface area contributed by atoms with Crippen LogP contribution in [-0.4, -0.2) is 20.3 Å². The number of rotatable bonds is 8. The van der Waals surface area contributed by atoms with Crippen molar-refractivity contribution < 1.29 is 9.47 Å². The number of benzene rings is 1. The molecule has 4 heteroatoms. The van der Waals surface area contributed by atoms with Crippen LogP contribution < -0.4 is 14.8 Å². The lowest BCUT2D eigenvalue weighted by Gasteiger charge is -2.14. The van der Waals surface area contributed by atoms with Gasteiger partial charge in [0.2, 0.25) is 0 Å². The Labute approximate surface area is 124 Å². The number of halogens is 1. The molecule has 0 bridgehead atoms. The molecule has 1 unspecified atom stereocenters. The fourth-order valence-corrected chi connectivity index (χ4v) is 2.37. The fourth-order valence-electron chi connectivity index (χ4n) is 1.77. The zero-order chi connectivity index (χ0) is 14.3. The van der Waals surface area contributed by atoms with Gasteiger partial charge in [0.05, 0.1) is 18.2 Å². The van der Waals surface area contributed by atoms with Gasteiger partial charge in [-0.25, -0.2) is 0 Å². The lowest BCUT2D eigenvalue weighted by atomic mass is 10.1. The van der Waals surface area contributed by atoms with Crippen LogP contribution in [0.2, 0.25) is 0 Å². The second-order valence-corrected chi connectivity index (χ2v) is 5.54. The van der Waals surface area contributed by atoms with E-state index >= 15 is 0 Å². The molecule has 108 valence electrons. The highest BCUT2D eigenvalue weighted by atomic mass is 79.9. The average molecular weight is 330 g/mol. The maximum atomic E-state index is 5.58. The van der Waals surface area contributed by atoms with Gasteiger partial charge in [0.1, 0.15) is 0 Å². The SMILES string of the molecule is CCOc1c(Br)cc(CNCC(C)CC)cc1OC. The lowest BCUT2D eigenvalue weighted by Crippen LogP contribution is -2.20. The molecule has 19 heavy (non-hydrogen) atoms. The van der Waals surface area contributed by atoms with Gasteiger partial charge in [-0.2, -0.15) is 0 Å². The molecule has 0 heterocycles. The molecule has 3 nitrogen and oxygen atoms in total. The van der Waals surface area contributed by atoms with Crippen molar-refractivity contribution in [2.45, 2.75) is 33.7 Å². The second-order valence-electron chi connectivity index (χ2n) is 4.69. The molecule has 0 aliphatic heterocycles. The summed E-state index contributed by atoms with van der Waals surface area (Å²) in [7, 11) is 1.67. The van der Waals surface area contributed by atoms with Gasteiger partial charge in [-0.3, -0.25) is 0 Å². The molecule has 1 aromatic carbocycles. The third kappa shape index (κ3) is 5.03. The minimum atomic E-state index is 0.626. The Morgan fingerprint density at radius 3 is 2.63 bits per heavy atom. The molecule has 0 aliphatic rings. The van der Waals surface area contributed by atoms with E-state index in [4.69, 9.17) is 9.47 Å². The quantitative estimate of drug-likeness (QED) is 0.782. The standard InChI is InChI=1S/C15H24BrNO2/c1-5-11(3)9-17-10-12-7-13(16)15(19-6-2)14(8-12)18-4/h7-8,11,17H,5-6,9-10H2,1-4H3. The molecule has 1 rings (SSSR count). The Kier molecular flexibility index (Phi) is 7.24. The maximum Gasteiger partial charge on any atom is 0.175 e. The molecule has 1 aromatic rings. The van der Waals surface area contributed by atoms with Gasteiger partial charge >= 0.3 is 0 Å². The third-order valence-electron chi connectivity index (χ3n) is 3.10. The summed E-state index contributed by atoms with van der Waals surface area (Å²) in [4.78, 5) is 0. The Morgan fingerprint density at radius 1 is 1.32 bits per heavy atom. The molecule has 0 radical (unpaired) electrons. The number of methoxy groups -OCH3 is 1. The molecule has 1 atom stereocenters. The van der Waals surface area contributed by atoms with Gasteiger partial charge in [-0.05, 0) is 53.0 Å². The third-order valence-corrected chi connectivity index (χ3v) is 3.69. The van der Waals surface area contributed by atoms with Crippen molar-refractivity contribution in [2.75, 3.05) is 20.3 Å². The van der Waals surface area contributed by atoms with Crippen molar-refractivity contribution >= 4 is 15.9 Å². The van der Waals surface area contributed by atoms with Crippen molar-refractivity contribution in [3.05, 3.63) is 22.2 Å². The van der Waals surface area contributed by atoms with Crippen LogP contribution >= 0.6 is 15.9 Å². The van der Waals surface area contributed by atoms with E-state index in [-0.39, 0.29) is 0 Å². The summed E-state index contributed by atoms with van der Waals surface area (Å²) in [6.07, 6.45) is 1.20. The fraction of sp³-hybridized carbons (Fsp3) is 0.600. The van der Waals surface area contributed by atoms with Crippen LogP contribution in [0.25, 0.3) is 0 Å². The number of nitrogens with one attached hydrogen (secondary N) is 1. The lowest BCUT2D eigenvalue weighted by molar-refractivity contribution is 0.308. The van der Waals surface area contributed by atoms with Crippen molar-refractivity contribution in [1.29, 1.82) is 0 Å². The summed E-state index contributed by atoms with van der Waals surface area (Å²) in [6, 6.07) is 4.11. The highest BCUT2D eigenvalue weighted by molar-refractivity contribution is 9.10. The minimum Gasteiger partial charge on any atom is -0.493 e. The summed E-state index contributed by atoms with van der Waals surface area (Å²) in [5, 5.41) is 3.47. The van der Waals surface area contributed by atoms with Crippen LogP contribution in [0.5, 0.6) is 11.5 Å². The van der Waals surface area contributed by atoms with Crippen LogP contribution in [0.3, 0.4) is 0 Å². The molecule has 0 fully saturated rings. The maximum absolute atomic E-state index is 5.58. The van der Waals surface area contributed by atoms with Gasteiger partial charge in [0.25, 0.3) is 0 Å². The summed E-state index contributed by atoms with van der Waals surface area (Å²) in [6.45, 7) is 8.92. The highest BCUT2D eigenvalue weighted by Gasteiger charge is 2.11. The number of ether oxygens (including phenoxy) is 2. The van der Waals surface area contributed by atoms with Crippen LogP contribution in [-0.2, 0) is 6.54 Å². The first-order chi connectivity index (χ1) is 9.12. The number of hydrogen-bond donors (Lipinski definition) is 1. The average Bonchev–Trinajstić information content (AvgIpc) is 2.41. The van der Waals surface area contributed by atoms with Crippen LogP contribution in [0.4, 0.5) is 0 Å². The van der Waals surface area contributed by atoms with E-state index in [1.165, 1.54) is 12.0 Å². The Hall–Kier alpha value is -0.740. The van der Waals surface area contributed by atoms with E-state index in [1.54, 1.807) is 7.11 Å². The summed E-state index contributed by atoms with van der Waals surface area (Å²) in [5.74, 6) is 2.25. The summed E-state index contributed by atoms with van der Waals surface area (Å²) >= 11 is 3.54. The van der Waals surface area contributed by atoms with Gasteiger partial charge < -0.3 is 14.8 Å². The summed E-state index contributed by atoms with van der Waals surface area (Å²) in [5.41, 5.74) is 1.19. The largest absolute Gasteiger partial charge is 0.493 e. The van der Waals surface area contributed by atoms with E-state index < -0.39 is 0 Å². The molecular weight excluding hydrogens is 306 g/mol. The van der Waals surface area contributed by atoms with Crippen molar-refractivity contribution in [3.63, 3.8) is 0 Å². The number of hydrogen-bond acceptors (Lipinski definition) is 3. The predicted octanol–water partition coefficient (Wildman–Crippen LogP) is 3.99. The zero-order valence-electron chi connectivity index (χ0n) is 12.3. The molecule has 1 N–H and O–H groups in total. The van der Waals surface area contributed by atoms with E-state index in [0.29, 0.717) is 12.5 Å². The molecule has 0 aromatic heterocycles. The van der Waals surface area contributed by atoms with E-state index in [0.717, 1.165) is 29.1 Å². The van der Waals surface area contributed by atoms with E-state index in [9.17, 15) is 0 Å². The molecule has 0 aliphatic carbocycles. The van der Waals surface area contributed by atoms with Crippen LogP contribution in [0, 0.1) is 5.92 Å². The van der Waals surface area contributed by atoms with Gasteiger partial charge in [0.15, 0.2) is 11.5 Å². The molecule has 0 saturated heterocycles. The Balaban J connectivity index is 2.72. The van der Waals surface area contributed by atoms with Crippen molar-refractivity contribution in [3.8, 4) is 11.5 Å². The van der Waals surface area contributed by atoms with Gasteiger partial charge in [-0.15, -0.1) is 0 Å². The molecule has 0 saturated carbocycles. The Bertz CT molecular complexity index is 396. The first kappa shape index (κ1) is 16.3.